The van der Waals surface area contributed by atoms with Gasteiger partial charge in [0.05, 0.1) is 19.5 Å². The fourth-order valence-electron chi connectivity index (χ4n) is 2.49. The van der Waals surface area contributed by atoms with Gasteiger partial charge >= 0.3 is 11.9 Å². The van der Waals surface area contributed by atoms with Gasteiger partial charge in [-0.2, -0.15) is 0 Å². The fourth-order valence-corrected chi connectivity index (χ4v) is 3.95. The average Bonchev–Trinajstić information content (AvgIpc) is 2.89. The minimum Gasteiger partial charge on any atom is -0.467 e. The van der Waals surface area contributed by atoms with Crippen LogP contribution in [0.4, 0.5) is 0 Å². The number of aliphatic hydroxyl groups is 1. The molecular weight excluding hydrogens is 350 g/mol. The van der Waals surface area contributed by atoms with Gasteiger partial charge < -0.3 is 19.5 Å². The predicted octanol–water partition coefficient (Wildman–Crippen LogP) is 1.36. The average molecular weight is 369 g/mol. The van der Waals surface area contributed by atoms with Crippen molar-refractivity contribution in [1.82, 2.24) is 4.90 Å². The van der Waals surface area contributed by atoms with Gasteiger partial charge in [0.15, 0.2) is 0 Å². The van der Waals surface area contributed by atoms with Crippen molar-refractivity contribution in [3.63, 3.8) is 0 Å². The van der Waals surface area contributed by atoms with E-state index < -0.39 is 23.7 Å². The van der Waals surface area contributed by atoms with Gasteiger partial charge in [-0.05, 0) is 12.5 Å². The summed E-state index contributed by atoms with van der Waals surface area (Å²) in [5.41, 5.74) is -1.12. The number of benzene rings is 1. The second-order valence-corrected chi connectivity index (χ2v) is 6.80. The van der Waals surface area contributed by atoms with Gasteiger partial charge in [-0.3, -0.25) is 0 Å². The molecule has 2 atom stereocenters. The summed E-state index contributed by atoms with van der Waals surface area (Å²) in [4.78, 5) is 25.8. The molecule has 6 nitrogen and oxygen atoms in total. The van der Waals surface area contributed by atoms with Crippen molar-refractivity contribution >= 4 is 40.2 Å². The van der Waals surface area contributed by atoms with Gasteiger partial charge in [0.1, 0.15) is 10.4 Å². The van der Waals surface area contributed by atoms with Gasteiger partial charge in [-0.1, -0.05) is 54.3 Å². The highest BCUT2D eigenvalue weighted by Crippen LogP contribution is 2.35. The first-order valence-corrected chi connectivity index (χ1v) is 8.81. The number of hydrogen-bond donors (Lipinski definition) is 1. The number of carbonyl (C=O) groups is 2. The number of methoxy groups -OCH3 is 1. The Balaban J connectivity index is 2.37. The van der Waals surface area contributed by atoms with Gasteiger partial charge in [-0.15, -0.1) is 0 Å². The lowest BCUT2D eigenvalue weighted by Gasteiger charge is -2.36. The molecule has 0 radical (unpaired) electrons. The Morgan fingerprint density at radius 3 is 2.67 bits per heavy atom. The Labute approximate surface area is 150 Å². The molecule has 130 valence electrons. The second kappa shape index (κ2) is 7.96. The second-order valence-electron chi connectivity index (χ2n) is 5.19. The number of thiocarbonyl (C=S) groups is 1. The largest absolute Gasteiger partial charge is 0.467 e. The Kier molecular flexibility index (Phi) is 6.20. The first kappa shape index (κ1) is 18.7. The zero-order valence-electron chi connectivity index (χ0n) is 13.4. The van der Waals surface area contributed by atoms with E-state index >= 15 is 0 Å². The molecular formula is C16H19NO5S2. The highest BCUT2D eigenvalue weighted by molar-refractivity contribution is 8.23. The molecule has 1 aliphatic heterocycles. The third kappa shape index (κ3) is 3.71. The van der Waals surface area contributed by atoms with Crippen LogP contribution in [0.5, 0.6) is 0 Å². The number of carbonyl (C=O) groups excluding carboxylic acids is 2. The summed E-state index contributed by atoms with van der Waals surface area (Å²) < 4.78 is 10.1. The van der Waals surface area contributed by atoms with Gasteiger partial charge in [0, 0.05) is 6.42 Å². The summed E-state index contributed by atoms with van der Waals surface area (Å²) in [5.74, 6) is -1.39. The molecule has 1 heterocycles. The number of rotatable bonds is 6. The van der Waals surface area contributed by atoms with Crippen LogP contribution in [-0.4, -0.2) is 57.5 Å². The van der Waals surface area contributed by atoms with Crippen LogP contribution < -0.4 is 0 Å². The standard InChI is InChI=1S/C16H19NO5S2/c1-3-22-14(19)16(20)10-24-15(23)17(16)12(13(18)21-2)9-11-7-5-4-6-8-11/h4-8,12,20H,3,9-10H2,1-2H3. The number of hydrogen-bond acceptors (Lipinski definition) is 7. The van der Waals surface area contributed by atoms with Crippen LogP contribution in [0.15, 0.2) is 30.3 Å². The maximum absolute atomic E-state index is 12.3. The van der Waals surface area contributed by atoms with E-state index in [9.17, 15) is 14.7 Å². The van der Waals surface area contributed by atoms with Crippen LogP contribution in [0, 0.1) is 0 Å². The van der Waals surface area contributed by atoms with E-state index in [1.807, 2.05) is 30.3 Å². The Morgan fingerprint density at radius 2 is 2.08 bits per heavy atom. The molecule has 8 heteroatoms. The third-order valence-electron chi connectivity index (χ3n) is 3.65. The van der Waals surface area contributed by atoms with Crippen LogP contribution in [0.1, 0.15) is 12.5 Å². The van der Waals surface area contributed by atoms with Gasteiger partial charge in [0.2, 0.25) is 5.72 Å². The molecule has 0 amide bonds. The minimum absolute atomic E-state index is 0.00690. The lowest BCUT2D eigenvalue weighted by Crippen LogP contribution is -2.60. The molecule has 0 aromatic heterocycles. The van der Waals surface area contributed by atoms with E-state index in [4.69, 9.17) is 21.7 Å². The van der Waals surface area contributed by atoms with Crippen molar-refractivity contribution in [2.24, 2.45) is 0 Å². The topological polar surface area (TPSA) is 76.1 Å². The lowest BCUT2D eigenvalue weighted by molar-refractivity contribution is -0.181. The highest BCUT2D eigenvalue weighted by atomic mass is 32.2. The number of thioether (sulfide) groups is 1. The Bertz CT molecular complexity index is 624. The van der Waals surface area contributed by atoms with Crippen LogP contribution in [0.2, 0.25) is 0 Å². The number of ether oxygens (including phenoxy) is 2. The monoisotopic (exact) mass is 369 g/mol. The van der Waals surface area contributed by atoms with E-state index in [2.05, 4.69) is 0 Å². The lowest BCUT2D eigenvalue weighted by atomic mass is 10.0. The Morgan fingerprint density at radius 1 is 1.42 bits per heavy atom. The quantitative estimate of drug-likeness (QED) is 0.595. The molecule has 1 N–H and O–H groups in total. The summed E-state index contributed by atoms with van der Waals surface area (Å²) in [5, 5.41) is 10.8. The molecule has 1 fully saturated rings. The van der Waals surface area contributed by atoms with Crippen molar-refractivity contribution in [3.8, 4) is 0 Å². The smallest absolute Gasteiger partial charge is 0.360 e. The van der Waals surface area contributed by atoms with Crippen molar-refractivity contribution in [2.45, 2.75) is 25.1 Å². The zero-order valence-corrected chi connectivity index (χ0v) is 15.1. The van der Waals surface area contributed by atoms with Crippen molar-refractivity contribution in [2.75, 3.05) is 19.5 Å². The highest BCUT2D eigenvalue weighted by Gasteiger charge is 2.54. The maximum Gasteiger partial charge on any atom is 0.360 e. The van der Waals surface area contributed by atoms with Gasteiger partial charge in [0.25, 0.3) is 0 Å². The Hall–Kier alpha value is -1.64. The van der Waals surface area contributed by atoms with Crippen molar-refractivity contribution in [1.29, 1.82) is 0 Å². The van der Waals surface area contributed by atoms with Crippen LogP contribution >= 0.6 is 24.0 Å². The van der Waals surface area contributed by atoms with E-state index in [-0.39, 0.29) is 23.1 Å². The van der Waals surface area contributed by atoms with E-state index in [0.717, 1.165) is 17.3 Å². The van der Waals surface area contributed by atoms with Gasteiger partial charge in [-0.25, -0.2) is 9.59 Å². The number of nitrogens with zero attached hydrogens (tertiary/aromatic N) is 1. The van der Waals surface area contributed by atoms with E-state index in [1.165, 1.54) is 12.0 Å². The summed E-state index contributed by atoms with van der Waals surface area (Å²) >= 11 is 6.40. The predicted molar refractivity (Wildman–Crippen MR) is 94.4 cm³/mol. The normalized spacial score (nSPS) is 21.5. The molecule has 0 spiro atoms. The first-order chi connectivity index (χ1) is 11.4. The zero-order chi connectivity index (χ0) is 17.7. The van der Waals surface area contributed by atoms with Crippen LogP contribution in [-0.2, 0) is 25.5 Å². The number of esters is 2. The summed E-state index contributed by atoms with van der Waals surface area (Å²) in [6.07, 6.45) is 0.246. The molecule has 0 aliphatic carbocycles. The molecule has 2 unspecified atom stereocenters. The van der Waals surface area contributed by atoms with Crippen molar-refractivity contribution in [3.05, 3.63) is 35.9 Å². The molecule has 1 aromatic carbocycles. The summed E-state index contributed by atoms with van der Waals surface area (Å²) in [6, 6.07) is 8.34. The first-order valence-electron chi connectivity index (χ1n) is 7.41. The molecule has 1 aliphatic rings. The SMILES string of the molecule is CCOC(=O)C1(O)CSC(=S)N1C(Cc1ccccc1)C(=O)OC. The molecule has 0 bridgehead atoms. The van der Waals surface area contributed by atoms with E-state index in [0.29, 0.717) is 0 Å². The van der Waals surface area contributed by atoms with E-state index in [1.54, 1.807) is 6.92 Å². The van der Waals surface area contributed by atoms with Crippen molar-refractivity contribution < 1.29 is 24.2 Å². The molecule has 2 rings (SSSR count). The summed E-state index contributed by atoms with van der Waals surface area (Å²) in [7, 11) is 1.26. The minimum atomic E-state index is -1.98. The molecule has 0 saturated carbocycles. The summed E-state index contributed by atoms with van der Waals surface area (Å²) in [6.45, 7) is 1.77. The van der Waals surface area contributed by atoms with Crippen LogP contribution in [0.25, 0.3) is 0 Å². The third-order valence-corrected chi connectivity index (χ3v) is 5.19. The molecule has 1 aromatic rings. The van der Waals surface area contributed by atoms with Crippen LogP contribution in [0.3, 0.4) is 0 Å². The fraction of sp³-hybridized carbons (Fsp3) is 0.438. The maximum atomic E-state index is 12.3. The molecule has 1 saturated heterocycles. The molecule has 24 heavy (non-hydrogen) atoms.